The van der Waals surface area contributed by atoms with Gasteiger partial charge in [0.25, 0.3) is 5.98 Å². The lowest BCUT2D eigenvalue weighted by Gasteiger charge is -1.78. The van der Waals surface area contributed by atoms with Crippen molar-refractivity contribution in [2.24, 2.45) is 5.73 Å². The maximum Gasteiger partial charge on any atom is 0.287 e. The van der Waals surface area contributed by atoms with Crippen molar-refractivity contribution in [3.05, 3.63) is 0 Å². The molecular formula is C2H4FNO. The molecular weight excluding hydrogens is 73.0 g/mol. The predicted molar refractivity (Wildman–Crippen MR) is 14.0 cm³/mol. The van der Waals surface area contributed by atoms with Crippen LogP contribution in [0, 0.1) is 0 Å². The average Bonchev–Trinajstić information content (AvgIpc) is 1.76. The first-order valence-electron chi connectivity index (χ1n) is 1.32. The Balaban J connectivity index is 2.38. The van der Waals surface area contributed by atoms with E-state index in [4.69, 9.17) is 0 Å². The second kappa shape index (κ2) is 0.507. The molecule has 3 heteroatoms. The van der Waals surface area contributed by atoms with Crippen molar-refractivity contribution in [3.8, 4) is 0 Å². The molecule has 0 spiro atoms. The van der Waals surface area contributed by atoms with Crippen LogP contribution in [0.5, 0.6) is 0 Å². The SMILES string of the molecule is NC1(F)CO1. The van der Waals surface area contributed by atoms with Crippen molar-refractivity contribution in [3.63, 3.8) is 0 Å². The second-order valence-corrected chi connectivity index (χ2v) is 1.07. The summed E-state index contributed by atoms with van der Waals surface area (Å²) in [5.74, 6) is -1.75. The van der Waals surface area contributed by atoms with Crippen LogP contribution in [0.2, 0.25) is 0 Å². The highest BCUT2D eigenvalue weighted by atomic mass is 19.2. The topological polar surface area (TPSA) is 38.5 Å². The van der Waals surface area contributed by atoms with Gasteiger partial charge in [-0.2, -0.15) is 4.39 Å². The number of halogens is 1. The monoisotopic (exact) mass is 77.0 g/mol. The molecule has 1 rings (SSSR count). The summed E-state index contributed by atoms with van der Waals surface area (Å²) in [6.07, 6.45) is 0. The van der Waals surface area contributed by atoms with E-state index in [0.717, 1.165) is 0 Å². The minimum Gasteiger partial charge on any atom is -0.325 e. The molecule has 1 unspecified atom stereocenters. The number of rotatable bonds is 0. The standard InChI is InChI=1S/C2H4FNO/c3-2(4)1-5-2/h1,4H2. The minimum absolute atomic E-state index is 0.0625. The van der Waals surface area contributed by atoms with Gasteiger partial charge in [-0.05, 0) is 0 Å². The van der Waals surface area contributed by atoms with Crippen molar-refractivity contribution in [1.29, 1.82) is 0 Å². The third kappa shape index (κ3) is 0.560. The molecule has 2 N–H and O–H groups in total. The van der Waals surface area contributed by atoms with Crippen LogP contribution in [-0.4, -0.2) is 12.6 Å². The highest BCUT2D eigenvalue weighted by Gasteiger charge is 2.40. The molecule has 2 nitrogen and oxygen atoms in total. The fourth-order valence-corrected chi connectivity index (χ4v) is 0.0689. The molecule has 0 radical (unpaired) electrons. The summed E-state index contributed by atoms with van der Waals surface area (Å²) in [7, 11) is 0. The summed E-state index contributed by atoms with van der Waals surface area (Å²) >= 11 is 0. The third-order valence-electron chi connectivity index (χ3n) is 0.420. The minimum atomic E-state index is -1.75. The number of alkyl halides is 1. The fourth-order valence-electron chi connectivity index (χ4n) is 0.0689. The van der Waals surface area contributed by atoms with Gasteiger partial charge in [0.1, 0.15) is 6.61 Å². The molecule has 0 aromatic heterocycles. The molecule has 1 heterocycles. The van der Waals surface area contributed by atoms with Crippen LogP contribution in [0.15, 0.2) is 0 Å². The Morgan fingerprint density at radius 2 is 2.20 bits per heavy atom. The van der Waals surface area contributed by atoms with E-state index in [1.807, 2.05) is 0 Å². The lowest BCUT2D eigenvalue weighted by atomic mass is 10.8. The molecule has 1 fully saturated rings. The number of epoxide rings is 1. The molecule has 1 aliphatic heterocycles. The first-order chi connectivity index (χ1) is 2.21. The Morgan fingerprint density at radius 3 is 2.20 bits per heavy atom. The van der Waals surface area contributed by atoms with Gasteiger partial charge < -0.3 is 4.74 Å². The largest absolute Gasteiger partial charge is 0.325 e. The van der Waals surface area contributed by atoms with E-state index in [1.165, 1.54) is 0 Å². The normalized spacial score (nSPS) is 49.2. The van der Waals surface area contributed by atoms with E-state index in [2.05, 4.69) is 10.5 Å². The van der Waals surface area contributed by atoms with Crippen LogP contribution in [0.3, 0.4) is 0 Å². The Morgan fingerprint density at radius 1 is 2.00 bits per heavy atom. The first-order valence-corrected chi connectivity index (χ1v) is 1.32. The number of ether oxygens (including phenoxy) is 1. The molecule has 0 amide bonds. The van der Waals surface area contributed by atoms with Gasteiger partial charge in [0.05, 0.1) is 0 Å². The molecule has 30 valence electrons. The van der Waals surface area contributed by atoms with Gasteiger partial charge in [0.2, 0.25) is 0 Å². The molecule has 5 heavy (non-hydrogen) atoms. The summed E-state index contributed by atoms with van der Waals surface area (Å²) in [4.78, 5) is 0. The molecule has 1 aliphatic rings. The molecule has 0 aliphatic carbocycles. The van der Waals surface area contributed by atoms with Gasteiger partial charge >= 0.3 is 0 Å². The van der Waals surface area contributed by atoms with Gasteiger partial charge in [0.15, 0.2) is 0 Å². The van der Waals surface area contributed by atoms with Gasteiger partial charge in [0, 0.05) is 0 Å². The first kappa shape index (κ1) is 3.06. The highest BCUT2D eigenvalue weighted by molar-refractivity contribution is 4.69. The van der Waals surface area contributed by atoms with Crippen LogP contribution >= 0.6 is 0 Å². The maximum absolute atomic E-state index is 11.4. The zero-order valence-corrected chi connectivity index (χ0v) is 2.57. The Hall–Kier alpha value is -0.150. The van der Waals surface area contributed by atoms with E-state index in [9.17, 15) is 4.39 Å². The van der Waals surface area contributed by atoms with Gasteiger partial charge in [-0.25, -0.2) is 0 Å². The number of hydrogen-bond donors (Lipinski definition) is 1. The predicted octanol–water partition coefficient (Wildman–Crippen LogP) is -0.401. The summed E-state index contributed by atoms with van der Waals surface area (Å²) < 4.78 is 15.4. The lowest BCUT2D eigenvalue weighted by Crippen LogP contribution is -2.15. The van der Waals surface area contributed by atoms with E-state index >= 15 is 0 Å². The summed E-state index contributed by atoms with van der Waals surface area (Å²) in [6, 6.07) is 0. The summed E-state index contributed by atoms with van der Waals surface area (Å²) in [5, 5.41) is 0. The Labute approximate surface area is 28.7 Å². The van der Waals surface area contributed by atoms with Crippen LogP contribution in [-0.2, 0) is 4.74 Å². The van der Waals surface area contributed by atoms with E-state index in [1.54, 1.807) is 0 Å². The fraction of sp³-hybridized carbons (Fsp3) is 1.00. The average molecular weight is 77.1 g/mol. The summed E-state index contributed by atoms with van der Waals surface area (Å²) in [5.41, 5.74) is 4.58. The number of hydrogen-bond acceptors (Lipinski definition) is 2. The zero-order valence-electron chi connectivity index (χ0n) is 2.57. The molecule has 1 atom stereocenters. The van der Waals surface area contributed by atoms with Gasteiger partial charge in [-0.3, -0.25) is 5.73 Å². The Bertz CT molecular complexity index is 47.6. The van der Waals surface area contributed by atoms with Crippen LogP contribution in [0.25, 0.3) is 0 Å². The maximum atomic E-state index is 11.4. The lowest BCUT2D eigenvalue weighted by molar-refractivity contribution is 0.149. The second-order valence-electron chi connectivity index (χ2n) is 1.07. The molecule has 0 saturated carbocycles. The molecule has 0 aromatic carbocycles. The Kier molecular flexibility index (Phi) is 0.310. The highest BCUT2D eigenvalue weighted by Crippen LogP contribution is 2.19. The van der Waals surface area contributed by atoms with Crippen LogP contribution < -0.4 is 5.73 Å². The molecule has 1 saturated heterocycles. The van der Waals surface area contributed by atoms with Gasteiger partial charge in [-0.15, -0.1) is 0 Å². The van der Waals surface area contributed by atoms with E-state index in [0.29, 0.717) is 0 Å². The van der Waals surface area contributed by atoms with E-state index in [-0.39, 0.29) is 6.61 Å². The number of nitrogens with two attached hydrogens (primary N) is 1. The van der Waals surface area contributed by atoms with Crippen molar-refractivity contribution in [2.45, 2.75) is 5.98 Å². The summed E-state index contributed by atoms with van der Waals surface area (Å²) in [6.45, 7) is 0.0625. The molecule has 0 aromatic rings. The third-order valence-corrected chi connectivity index (χ3v) is 0.420. The molecule has 0 bridgehead atoms. The smallest absolute Gasteiger partial charge is 0.287 e. The van der Waals surface area contributed by atoms with Crippen molar-refractivity contribution < 1.29 is 9.13 Å². The van der Waals surface area contributed by atoms with Crippen LogP contribution in [0.4, 0.5) is 4.39 Å². The van der Waals surface area contributed by atoms with Crippen molar-refractivity contribution >= 4 is 0 Å². The van der Waals surface area contributed by atoms with Crippen molar-refractivity contribution in [1.82, 2.24) is 0 Å². The van der Waals surface area contributed by atoms with Crippen molar-refractivity contribution in [2.75, 3.05) is 6.61 Å². The zero-order chi connectivity index (χ0) is 3.91. The van der Waals surface area contributed by atoms with E-state index < -0.39 is 5.98 Å². The van der Waals surface area contributed by atoms with Gasteiger partial charge in [-0.1, -0.05) is 0 Å². The van der Waals surface area contributed by atoms with Crippen LogP contribution in [0.1, 0.15) is 0 Å². The quantitative estimate of drug-likeness (QED) is 0.315.